The molecule has 1 aromatic rings. The maximum atomic E-state index is 13.5. The Kier molecular flexibility index (Phi) is 4.04. The van der Waals surface area contributed by atoms with Crippen LogP contribution in [0.25, 0.3) is 0 Å². The van der Waals surface area contributed by atoms with Crippen LogP contribution >= 0.6 is 0 Å². The first-order chi connectivity index (χ1) is 10.4. The molecule has 1 aliphatic rings. The largest absolute Gasteiger partial charge is 0.505 e. The molecule has 128 valence electrons. The van der Waals surface area contributed by atoms with Gasteiger partial charge in [0.1, 0.15) is 0 Å². The molecule has 0 aromatic heterocycles. The van der Waals surface area contributed by atoms with E-state index in [4.69, 9.17) is 9.84 Å². The fraction of sp³-hybridized carbons (Fsp3) is 0.500. The molecule has 0 aliphatic carbocycles. The number of carboxylic acids is 1. The van der Waals surface area contributed by atoms with Crippen molar-refractivity contribution in [1.82, 2.24) is 0 Å². The molecule has 4 nitrogen and oxygen atoms in total. The van der Waals surface area contributed by atoms with Gasteiger partial charge in [-0.25, -0.2) is 9.18 Å². The number of hydrogen-bond acceptors (Lipinski definition) is 3. The highest BCUT2D eigenvalue weighted by atomic mass is 19.4. The monoisotopic (exact) mass is 340 g/mol. The van der Waals surface area contributed by atoms with Gasteiger partial charge in [0.2, 0.25) is 5.82 Å². The van der Waals surface area contributed by atoms with Crippen LogP contribution < -0.4 is 0 Å². The summed E-state index contributed by atoms with van der Waals surface area (Å²) in [7, 11) is 0. The Hall–Kier alpha value is -1.90. The minimum atomic E-state index is -4.89. The average Bonchev–Trinajstić information content (AvgIpc) is 2.71. The third-order valence-corrected chi connectivity index (χ3v) is 4.37. The van der Waals surface area contributed by atoms with E-state index in [2.05, 4.69) is 0 Å². The Morgan fingerprint density at radius 3 is 2.35 bits per heavy atom. The molecule has 1 aromatic carbocycles. The first-order valence-electron chi connectivity index (χ1n) is 6.56. The predicted octanol–water partition coefficient (Wildman–Crippen LogP) is 3.19. The zero-order valence-corrected chi connectivity index (χ0v) is 12.0. The Morgan fingerprint density at radius 1 is 1.30 bits per heavy atom. The second-order valence-electron chi connectivity index (χ2n) is 5.60. The molecule has 0 spiro atoms. The second kappa shape index (κ2) is 5.33. The van der Waals surface area contributed by atoms with Crippen LogP contribution in [0.2, 0.25) is 0 Å². The quantitative estimate of drug-likeness (QED) is 0.812. The van der Waals surface area contributed by atoms with Gasteiger partial charge in [0, 0.05) is 17.4 Å². The summed E-state index contributed by atoms with van der Waals surface area (Å²) in [4.78, 5) is 11.3. The number of rotatable bonds is 2. The molecule has 1 unspecified atom stereocenters. The lowest BCUT2D eigenvalue weighted by Crippen LogP contribution is -2.47. The van der Waals surface area contributed by atoms with Crippen molar-refractivity contribution in [3.05, 3.63) is 29.3 Å². The number of carboxylic acid groups (broad SMARTS) is 1. The summed E-state index contributed by atoms with van der Waals surface area (Å²) in [6.45, 7) is 1.77. The van der Waals surface area contributed by atoms with E-state index in [-0.39, 0.29) is 0 Å². The third kappa shape index (κ3) is 2.52. The fourth-order valence-electron chi connectivity index (χ4n) is 2.83. The van der Waals surface area contributed by atoms with E-state index in [1.807, 2.05) is 0 Å². The van der Waals surface area contributed by atoms with Crippen molar-refractivity contribution in [3.8, 4) is 5.75 Å². The highest BCUT2D eigenvalue weighted by Gasteiger charge is 2.66. The van der Waals surface area contributed by atoms with Crippen molar-refractivity contribution >= 4 is 5.97 Å². The van der Waals surface area contributed by atoms with Crippen molar-refractivity contribution in [1.29, 1.82) is 0 Å². The van der Waals surface area contributed by atoms with Crippen LogP contribution in [0, 0.1) is 17.6 Å². The topological polar surface area (TPSA) is 66.8 Å². The first-order valence-corrected chi connectivity index (χ1v) is 6.56. The Labute approximate surface area is 127 Å². The average molecular weight is 340 g/mol. The van der Waals surface area contributed by atoms with E-state index in [1.54, 1.807) is 0 Å². The van der Waals surface area contributed by atoms with Crippen LogP contribution in [0.15, 0.2) is 12.1 Å². The van der Waals surface area contributed by atoms with Crippen LogP contribution in [0.4, 0.5) is 22.0 Å². The molecule has 1 aliphatic heterocycles. The van der Waals surface area contributed by atoms with Crippen LogP contribution in [0.3, 0.4) is 0 Å². The highest BCUT2D eigenvalue weighted by Crippen LogP contribution is 2.54. The Bertz CT molecular complexity index is 645. The number of halogens is 5. The van der Waals surface area contributed by atoms with E-state index >= 15 is 0 Å². The summed E-state index contributed by atoms with van der Waals surface area (Å²) in [6.07, 6.45) is -6.85. The summed E-state index contributed by atoms with van der Waals surface area (Å²) in [6, 6.07) is 1.47. The van der Waals surface area contributed by atoms with Gasteiger partial charge in [0.05, 0.1) is 0 Å². The highest BCUT2D eigenvalue weighted by molar-refractivity contribution is 5.75. The molecule has 1 fully saturated rings. The van der Waals surface area contributed by atoms with Gasteiger partial charge in [0.15, 0.2) is 23.3 Å². The number of aliphatic carboxylic acids is 1. The van der Waals surface area contributed by atoms with Crippen molar-refractivity contribution in [2.75, 3.05) is 0 Å². The molecule has 0 bridgehead atoms. The molecule has 23 heavy (non-hydrogen) atoms. The lowest BCUT2D eigenvalue weighted by molar-refractivity contribution is -0.273. The number of aromatic hydroxyl groups is 1. The van der Waals surface area contributed by atoms with Crippen molar-refractivity contribution < 1.29 is 41.7 Å². The normalized spacial score (nSPS) is 31.3. The second-order valence-corrected chi connectivity index (χ2v) is 5.60. The van der Waals surface area contributed by atoms with Gasteiger partial charge in [0.25, 0.3) is 0 Å². The molecule has 2 N–H and O–H groups in total. The minimum Gasteiger partial charge on any atom is -0.505 e. The van der Waals surface area contributed by atoms with Crippen LogP contribution in [0.5, 0.6) is 5.75 Å². The van der Waals surface area contributed by atoms with E-state index in [0.29, 0.717) is 13.0 Å². The fourth-order valence-corrected chi connectivity index (χ4v) is 2.83. The lowest BCUT2D eigenvalue weighted by atomic mass is 9.77. The lowest BCUT2D eigenvalue weighted by Gasteiger charge is -2.31. The van der Waals surface area contributed by atoms with E-state index in [9.17, 15) is 31.9 Å². The maximum Gasteiger partial charge on any atom is 0.417 e. The molecular weight excluding hydrogens is 327 g/mol. The summed E-state index contributed by atoms with van der Waals surface area (Å²) in [5.74, 6) is -8.93. The van der Waals surface area contributed by atoms with Gasteiger partial charge >= 0.3 is 12.1 Å². The van der Waals surface area contributed by atoms with Gasteiger partial charge in [-0.2, -0.15) is 17.6 Å². The Balaban J connectivity index is 2.60. The maximum absolute atomic E-state index is 13.5. The molecule has 0 amide bonds. The van der Waals surface area contributed by atoms with E-state index in [0.717, 1.165) is 13.0 Å². The van der Waals surface area contributed by atoms with E-state index < -0.39 is 58.6 Å². The predicted molar refractivity (Wildman–Crippen MR) is 66.9 cm³/mol. The number of benzene rings is 1. The number of ether oxygens (including phenoxy) is 1. The van der Waals surface area contributed by atoms with Crippen LogP contribution in [0.1, 0.15) is 25.3 Å². The zero-order valence-electron chi connectivity index (χ0n) is 12.0. The molecule has 0 radical (unpaired) electrons. The van der Waals surface area contributed by atoms with Gasteiger partial charge in [-0.15, -0.1) is 0 Å². The van der Waals surface area contributed by atoms with Gasteiger partial charge in [-0.1, -0.05) is 13.0 Å². The summed E-state index contributed by atoms with van der Waals surface area (Å²) >= 11 is 0. The number of carbonyl (C=O) groups is 1. The SMILES string of the molecule is C[C@H]1[C@@H](c2ccc(F)c(F)c2O)C(C(=O)O)O[C@@]1(C)C(F)(F)F. The Morgan fingerprint density at radius 2 is 1.87 bits per heavy atom. The van der Waals surface area contributed by atoms with Crippen molar-refractivity contribution in [2.45, 2.75) is 37.6 Å². The molecule has 2 rings (SSSR count). The number of phenolic OH excluding ortho intramolecular Hbond substituents is 1. The molecular formula is C14H13F5O4. The standard InChI is InChI=1S/C14H13F5O4/c1-5-8(6-3-4-7(15)9(16)10(6)20)11(12(21)22)23-13(5,2)14(17,18)19/h3-5,8,11,20H,1-2H3,(H,21,22)/t5-,8-,11?,13+/m0/s1. The van der Waals surface area contributed by atoms with Crippen molar-refractivity contribution in [3.63, 3.8) is 0 Å². The first kappa shape index (κ1) is 17.5. The van der Waals surface area contributed by atoms with E-state index in [1.165, 1.54) is 0 Å². The molecule has 4 atom stereocenters. The minimum absolute atomic E-state index is 0.447. The third-order valence-electron chi connectivity index (χ3n) is 4.37. The molecule has 0 saturated carbocycles. The molecule has 1 saturated heterocycles. The van der Waals surface area contributed by atoms with Gasteiger partial charge < -0.3 is 14.9 Å². The smallest absolute Gasteiger partial charge is 0.417 e. The summed E-state index contributed by atoms with van der Waals surface area (Å²) in [5, 5.41) is 18.8. The number of alkyl halides is 3. The number of hydrogen-bond donors (Lipinski definition) is 2. The molecule has 9 heteroatoms. The zero-order chi connectivity index (χ0) is 17.7. The van der Waals surface area contributed by atoms with Crippen LogP contribution in [-0.2, 0) is 9.53 Å². The van der Waals surface area contributed by atoms with Gasteiger partial charge in [-0.3, -0.25) is 0 Å². The van der Waals surface area contributed by atoms with Crippen LogP contribution in [-0.4, -0.2) is 34.1 Å². The number of phenols is 1. The summed E-state index contributed by atoms with van der Waals surface area (Å²) < 4.78 is 71.0. The van der Waals surface area contributed by atoms with Crippen molar-refractivity contribution in [2.24, 2.45) is 5.92 Å². The van der Waals surface area contributed by atoms with Gasteiger partial charge in [-0.05, 0) is 13.0 Å². The summed E-state index contributed by atoms with van der Waals surface area (Å²) in [5.41, 5.74) is -3.25. The molecule has 1 heterocycles.